The summed E-state index contributed by atoms with van der Waals surface area (Å²) in [6.45, 7) is 1.44. The molecular formula is C88H68Br2Cl4N10O20S4. The molecule has 5 unspecified atom stereocenters. The Labute approximate surface area is 770 Å². The molecule has 128 heavy (non-hydrogen) atoms. The van der Waals surface area contributed by atoms with E-state index in [9.17, 15) is 91.2 Å². The highest BCUT2D eigenvalue weighted by atomic mass is 79.9. The van der Waals surface area contributed by atoms with Crippen molar-refractivity contribution in [2.75, 3.05) is 59.7 Å². The van der Waals surface area contributed by atoms with Gasteiger partial charge in [-0.3, -0.25) is 57.5 Å². The number of likely N-dealkylation sites (N-methyl/N-ethyl adjacent to an activating group) is 4. The van der Waals surface area contributed by atoms with Crippen molar-refractivity contribution in [1.82, 2.24) is 17.2 Å². The third kappa shape index (κ3) is 19.7. The summed E-state index contributed by atoms with van der Waals surface area (Å²) < 4.78 is 103. The van der Waals surface area contributed by atoms with Crippen molar-refractivity contribution in [3.63, 3.8) is 0 Å². The number of nitrogens with one attached hydrogen (secondary N) is 5. The van der Waals surface area contributed by atoms with E-state index in [1.165, 1.54) is 97.9 Å². The van der Waals surface area contributed by atoms with E-state index in [4.69, 9.17) is 46.4 Å². The molecule has 0 aliphatic carbocycles. The van der Waals surface area contributed by atoms with Gasteiger partial charge in [0, 0.05) is 86.1 Å². The second-order valence-electron chi connectivity index (χ2n) is 28.3. The Morgan fingerprint density at radius 1 is 0.312 bits per heavy atom. The predicted molar refractivity (Wildman–Crippen MR) is 485 cm³/mol. The maximum atomic E-state index is 13.3. The molecule has 30 nitrogen and oxygen atoms in total. The molecule has 0 radical (unpaired) electrons. The van der Waals surface area contributed by atoms with Crippen LogP contribution in [0.5, 0.6) is 0 Å². The second-order valence-corrected chi connectivity index (χ2v) is 39.6. The summed E-state index contributed by atoms with van der Waals surface area (Å²) >= 11 is 30.3. The van der Waals surface area contributed by atoms with Gasteiger partial charge in [0.05, 0.1) is 36.0 Å². The lowest BCUT2D eigenvalue weighted by Crippen LogP contribution is -2.48. The first-order valence-electron chi connectivity index (χ1n) is 37.6. The number of halogens is 6. The maximum absolute atomic E-state index is 13.3. The fourth-order valence-electron chi connectivity index (χ4n) is 13.7. The molecule has 0 fully saturated rings. The highest BCUT2D eigenvalue weighted by molar-refractivity contribution is 9.10. The minimum atomic E-state index is -4.04. The summed E-state index contributed by atoms with van der Waals surface area (Å²) in [6, 6.07) is 68.6. The van der Waals surface area contributed by atoms with Crippen molar-refractivity contribution in [3.05, 3.63) is 329 Å². The van der Waals surface area contributed by atoms with E-state index < -0.39 is 135 Å². The molecule has 11 aromatic rings. The van der Waals surface area contributed by atoms with Gasteiger partial charge in [-0.2, -0.15) is 0 Å². The van der Waals surface area contributed by atoms with Crippen molar-refractivity contribution in [1.29, 1.82) is 0 Å². The number of fused-ring (bicyclic) bond motifs is 5. The first-order valence-corrected chi connectivity index (χ1v) is 46.5. The van der Waals surface area contributed by atoms with Crippen molar-refractivity contribution < 1.29 is 91.2 Å². The molecule has 0 bridgehead atoms. The summed E-state index contributed by atoms with van der Waals surface area (Å²) in [6.07, 6.45) is 0. The van der Waals surface area contributed by atoms with E-state index in [1.54, 1.807) is 164 Å². The van der Waals surface area contributed by atoms with Crippen molar-refractivity contribution in [3.8, 4) is 0 Å². The minimum Gasteiger partial charge on any atom is -0.325 e. The van der Waals surface area contributed by atoms with E-state index >= 15 is 0 Å². The average molecular weight is 2020 g/mol. The standard InChI is InChI=1S/C24H18N2O4.C16H12BrClN2O4S.C16H13BrN2O4S.C16H11Cl3N2O4S.C16H14N2O4S/c1-15(27)16-11-13-18(14-12-16)26-23(29)20-10-6-5-9-19(20)21(24(26)30)22(28)25-17-7-3-2-4-8-17;1-20-16(22)14(15(21)19-11-5-2-9(17)3-6-11)12-7-4-10(18)8-13(12)25(20,23)24;1-19-16(21)14(12-4-2-3-5-13(12)24(19,22)23)15(20)18-11-8-6-10(17)7-9-11;1-21-16(23)14(10-6-8(17)3-5-13(10)26(21,24)25)15(22)20-12-4-2-9(18)7-11(12)19;1-18-16(20)14(15(19)17-11-7-3-2-4-8-11)12-9-5-6-10-13(12)23(18,21)22/h2-14,21H,1H3,(H,25,28);2-8,14H,1H3,(H,19,21);2-9,14H,1H3,(H,18,20);2-7,14H,1H3,(H,20,22);2-10,14H,1H3,(H,17,19). The highest BCUT2D eigenvalue weighted by Crippen LogP contribution is 2.42. The quantitative estimate of drug-likeness (QED) is 0.0431. The Hall–Kier alpha value is -12.6. The number of imide groups is 1. The Kier molecular flexibility index (Phi) is 28.7. The van der Waals surface area contributed by atoms with Crippen LogP contribution >= 0.6 is 78.3 Å². The van der Waals surface area contributed by atoms with Crippen LogP contribution in [0.3, 0.4) is 0 Å². The summed E-state index contributed by atoms with van der Waals surface area (Å²) in [5, 5.41) is 14.2. The van der Waals surface area contributed by atoms with Gasteiger partial charge in [0.2, 0.25) is 29.5 Å². The number of rotatable bonds is 12. The third-order valence-electron chi connectivity index (χ3n) is 20.3. The molecule has 40 heteroatoms. The third-order valence-corrected chi connectivity index (χ3v) is 29.7. The lowest BCUT2D eigenvalue weighted by molar-refractivity contribution is -0.134. The van der Waals surface area contributed by atoms with E-state index in [-0.39, 0.29) is 68.4 Å². The number of carbonyl (C=O) groups is 12. The first kappa shape index (κ1) is 94.5. The Morgan fingerprint density at radius 2 is 0.633 bits per heavy atom. The van der Waals surface area contributed by atoms with Crippen LogP contribution in [0.2, 0.25) is 20.1 Å². The molecule has 11 aromatic carbocycles. The smallest absolute Gasteiger partial charge is 0.266 e. The molecular weight excluding hydrogens is 1950 g/mol. The lowest BCUT2D eigenvalue weighted by Gasteiger charge is -2.32. The van der Waals surface area contributed by atoms with Crippen LogP contribution < -0.4 is 31.5 Å². The number of Topliss-reactive ketones (excluding diaryl/α,β-unsaturated/α-hetero) is 1. The number of sulfonamides is 4. The number of amides is 11. The van der Waals surface area contributed by atoms with Crippen LogP contribution in [0.25, 0.3) is 0 Å². The largest absolute Gasteiger partial charge is 0.325 e. The maximum Gasteiger partial charge on any atom is 0.266 e. The zero-order chi connectivity index (χ0) is 92.9. The molecule has 5 aliphatic rings. The number of para-hydroxylation sites is 2. The fraction of sp³-hybridized carbons (Fsp3) is 0.114. The molecule has 5 N–H and O–H groups in total. The SMILES string of the molecule is CC(=O)c1ccc(N2C(=O)c3ccccc3C(C(=O)Nc3ccccc3)C2=O)cc1.CN1C(=O)C(C(=O)Nc2ccc(Br)cc2)c2ccc(Cl)cc2S1(=O)=O.CN1C(=O)C(C(=O)Nc2ccc(Br)cc2)c2ccccc2S1(=O)=O.CN1C(=O)C(C(=O)Nc2ccc(Cl)cc2Cl)c2cc(Cl)ccc2S1(=O)=O.CN1C(=O)C(C(=O)Nc2ccccc2)c2ccccc2S1(=O)=O. The van der Waals surface area contributed by atoms with Crippen molar-refractivity contribution >= 4 is 223 Å². The van der Waals surface area contributed by atoms with E-state index in [0.717, 1.165) is 42.0 Å². The predicted octanol–water partition coefficient (Wildman–Crippen LogP) is 14.2. The van der Waals surface area contributed by atoms with Gasteiger partial charge in [-0.05, 0) is 199 Å². The van der Waals surface area contributed by atoms with Crippen LogP contribution in [-0.4, -0.2) is 150 Å². The van der Waals surface area contributed by atoms with Crippen LogP contribution in [0.1, 0.15) is 85.0 Å². The van der Waals surface area contributed by atoms with Crippen molar-refractivity contribution in [2.24, 2.45) is 0 Å². The molecule has 11 amide bonds. The van der Waals surface area contributed by atoms with Gasteiger partial charge < -0.3 is 26.6 Å². The molecule has 0 spiro atoms. The van der Waals surface area contributed by atoms with Crippen LogP contribution in [-0.2, 0) is 88.0 Å². The summed E-state index contributed by atoms with van der Waals surface area (Å²) in [5.74, 6) is -13.7. The van der Waals surface area contributed by atoms with Crippen molar-refractivity contribution in [2.45, 2.75) is 56.1 Å². The van der Waals surface area contributed by atoms with Gasteiger partial charge >= 0.3 is 0 Å². The van der Waals surface area contributed by atoms with Gasteiger partial charge in [-0.25, -0.2) is 55.8 Å². The monoisotopic (exact) mass is 2010 g/mol. The molecule has 0 saturated heterocycles. The number of hydrogen-bond acceptors (Lipinski definition) is 20. The number of ketones is 1. The zero-order valence-corrected chi connectivity index (χ0v) is 76.5. The molecule has 5 heterocycles. The molecule has 5 atom stereocenters. The minimum absolute atomic E-state index is 0.0168. The summed E-state index contributed by atoms with van der Waals surface area (Å²) in [7, 11) is -11.3. The van der Waals surface area contributed by atoms with Crippen LogP contribution in [0, 0.1) is 0 Å². The number of carbonyl (C=O) groups excluding carboxylic acids is 12. The van der Waals surface area contributed by atoms with Gasteiger partial charge in [-0.1, -0.05) is 175 Å². The molecule has 5 aliphatic heterocycles. The topological polar surface area (TPSA) is 418 Å². The van der Waals surface area contributed by atoms with Gasteiger partial charge in [0.1, 0.15) is 29.6 Å². The van der Waals surface area contributed by atoms with Crippen LogP contribution in [0.15, 0.2) is 289 Å². The molecule has 0 saturated carbocycles. The molecule has 16 rings (SSSR count). The number of anilines is 6. The lowest BCUT2D eigenvalue weighted by atomic mass is 9.87. The fourth-order valence-corrected chi connectivity index (χ4v) is 20.6. The first-order chi connectivity index (χ1) is 60.6. The normalized spacial score (nSPS) is 18.0. The van der Waals surface area contributed by atoms with E-state index in [2.05, 4.69) is 58.4 Å². The summed E-state index contributed by atoms with van der Waals surface area (Å²) in [5.41, 5.74) is 4.31. The zero-order valence-electron chi connectivity index (χ0n) is 67.0. The Morgan fingerprint density at radius 3 is 1.05 bits per heavy atom. The summed E-state index contributed by atoms with van der Waals surface area (Å²) in [4.78, 5) is 152. The second kappa shape index (κ2) is 38.9. The van der Waals surface area contributed by atoms with Gasteiger partial charge in [0.15, 0.2) is 5.78 Å². The van der Waals surface area contributed by atoms with Gasteiger partial charge in [-0.15, -0.1) is 0 Å². The Balaban J connectivity index is 0.000000146. The molecule has 656 valence electrons. The number of hydrogen-bond donors (Lipinski definition) is 5. The molecule has 0 aromatic heterocycles. The van der Waals surface area contributed by atoms with Crippen LogP contribution in [0.4, 0.5) is 34.1 Å². The van der Waals surface area contributed by atoms with E-state index in [0.29, 0.717) is 67.4 Å². The number of benzene rings is 11. The number of nitrogens with zero attached hydrogens (tertiary/aromatic N) is 5. The Bertz CT molecular complexity index is 6880. The highest BCUT2D eigenvalue weighted by Gasteiger charge is 2.50. The van der Waals surface area contributed by atoms with E-state index in [1.807, 2.05) is 6.07 Å². The van der Waals surface area contributed by atoms with Gasteiger partial charge in [0.25, 0.3) is 75.5 Å². The average Bonchev–Trinajstić information content (AvgIpc) is 0.696.